The van der Waals surface area contributed by atoms with E-state index in [0.717, 1.165) is 25.3 Å². The summed E-state index contributed by atoms with van der Waals surface area (Å²) in [6, 6.07) is 0. The zero-order chi connectivity index (χ0) is 11.4. The van der Waals surface area contributed by atoms with Gasteiger partial charge >= 0.3 is 0 Å². The second-order valence-electron chi connectivity index (χ2n) is 3.93. The lowest BCUT2D eigenvalue weighted by Gasteiger charge is -2.17. The maximum absolute atomic E-state index is 9.16. The molecule has 5 heteroatoms. The van der Waals surface area contributed by atoms with Crippen molar-refractivity contribution < 1.29 is 5.11 Å². The first-order valence-corrected chi connectivity index (χ1v) is 5.41. The third kappa shape index (κ3) is 3.81. The van der Waals surface area contributed by atoms with E-state index >= 15 is 0 Å². The van der Waals surface area contributed by atoms with Gasteiger partial charge in [0.1, 0.15) is 11.0 Å². The molecule has 0 spiro atoms. The lowest BCUT2D eigenvalue weighted by molar-refractivity contribution is 0.162. The molecule has 1 rings (SSSR count). The average molecular weight is 232 g/mol. The number of rotatable bonds is 5. The van der Waals surface area contributed by atoms with E-state index in [9.17, 15) is 0 Å². The van der Waals surface area contributed by atoms with Crippen LogP contribution in [-0.4, -0.2) is 39.3 Å². The molecule has 15 heavy (non-hydrogen) atoms. The van der Waals surface area contributed by atoms with Crippen LogP contribution in [0.2, 0.25) is 5.15 Å². The van der Waals surface area contributed by atoms with Gasteiger partial charge in [0, 0.05) is 13.6 Å². The fourth-order valence-corrected chi connectivity index (χ4v) is 1.45. The highest BCUT2D eigenvalue weighted by molar-refractivity contribution is 6.29. The van der Waals surface area contributed by atoms with E-state index in [2.05, 4.69) is 9.88 Å². The van der Waals surface area contributed by atoms with Gasteiger partial charge in [0.05, 0.1) is 18.8 Å². The van der Waals surface area contributed by atoms with Crippen molar-refractivity contribution in [1.29, 1.82) is 0 Å². The van der Waals surface area contributed by atoms with E-state index in [1.54, 1.807) is 13.1 Å². The van der Waals surface area contributed by atoms with Crippen molar-refractivity contribution in [3.05, 3.63) is 17.2 Å². The maximum Gasteiger partial charge on any atom is 0.128 e. The van der Waals surface area contributed by atoms with E-state index in [1.807, 2.05) is 18.7 Å². The summed E-state index contributed by atoms with van der Waals surface area (Å²) in [5.74, 6) is 0.938. The first kappa shape index (κ1) is 12.5. The van der Waals surface area contributed by atoms with Gasteiger partial charge in [-0.3, -0.25) is 4.90 Å². The molecule has 0 aromatic carbocycles. The summed E-state index contributed by atoms with van der Waals surface area (Å²) in [5, 5.41) is 9.80. The van der Waals surface area contributed by atoms with Crippen molar-refractivity contribution in [2.24, 2.45) is 7.05 Å². The van der Waals surface area contributed by atoms with Crippen molar-refractivity contribution >= 4 is 11.6 Å². The summed E-state index contributed by atoms with van der Waals surface area (Å²) in [5.41, 5.74) is 0. The third-order valence-electron chi connectivity index (χ3n) is 2.37. The summed E-state index contributed by atoms with van der Waals surface area (Å²) in [6.45, 7) is 3.39. The minimum Gasteiger partial charge on any atom is -0.393 e. The van der Waals surface area contributed by atoms with E-state index < -0.39 is 0 Å². The average Bonchev–Trinajstić information content (AvgIpc) is 2.47. The monoisotopic (exact) mass is 231 g/mol. The summed E-state index contributed by atoms with van der Waals surface area (Å²) >= 11 is 5.88. The van der Waals surface area contributed by atoms with Crippen LogP contribution in [0.3, 0.4) is 0 Å². The lowest BCUT2D eigenvalue weighted by Crippen LogP contribution is -2.23. The first-order chi connectivity index (χ1) is 7.00. The number of aliphatic hydroxyl groups is 1. The second-order valence-corrected chi connectivity index (χ2v) is 4.32. The number of nitrogens with zero attached hydrogens (tertiary/aromatic N) is 3. The number of imidazole rings is 1. The molecule has 1 aromatic rings. The Morgan fingerprint density at radius 2 is 2.33 bits per heavy atom. The molecule has 0 amide bonds. The summed E-state index contributed by atoms with van der Waals surface area (Å²) < 4.78 is 1.86. The Morgan fingerprint density at radius 1 is 1.67 bits per heavy atom. The molecule has 0 aliphatic rings. The predicted molar refractivity (Wildman–Crippen MR) is 60.8 cm³/mol. The highest BCUT2D eigenvalue weighted by Crippen LogP contribution is 2.10. The van der Waals surface area contributed by atoms with Gasteiger partial charge in [-0.2, -0.15) is 0 Å². The Kier molecular flexibility index (Phi) is 4.57. The van der Waals surface area contributed by atoms with Crippen LogP contribution < -0.4 is 0 Å². The van der Waals surface area contributed by atoms with Crippen molar-refractivity contribution in [1.82, 2.24) is 14.5 Å². The number of hydrogen-bond acceptors (Lipinski definition) is 3. The minimum atomic E-state index is -0.252. The van der Waals surface area contributed by atoms with E-state index in [1.165, 1.54) is 0 Å². The molecule has 0 aliphatic carbocycles. The third-order valence-corrected chi connectivity index (χ3v) is 2.72. The van der Waals surface area contributed by atoms with Crippen molar-refractivity contribution in [2.45, 2.75) is 26.0 Å². The van der Waals surface area contributed by atoms with Crippen LogP contribution >= 0.6 is 11.6 Å². The van der Waals surface area contributed by atoms with Crippen LogP contribution in [0, 0.1) is 0 Å². The van der Waals surface area contributed by atoms with E-state index in [0.29, 0.717) is 5.15 Å². The summed E-state index contributed by atoms with van der Waals surface area (Å²) in [7, 11) is 3.90. The van der Waals surface area contributed by atoms with Gasteiger partial charge in [-0.1, -0.05) is 11.6 Å². The maximum atomic E-state index is 9.16. The molecule has 0 aliphatic heterocycles. The van der Waals surface area contributed by atoms with Crippen LogP contribution in [0.5, 0.6) is 0 Å². The molecule has 4 nitrogen and oxygen atoms in total. The van der Waals surface area contributed by atoms with Crippen LogP contribution in [0.4, 0.5) is 0 Å². The Labute approximate surface area is 95.5 Å². The molecule has 1 unspecified atom stereocenters. The molecule has 1 heterocycles. The molecule has 86 valence electrons. The Balaban J connectivity index is 2.44. The molecular weight excluding hydrogens is 214 g/mol. The second kappa shape index (κ2) is 5.49. The van der Waals surface area contributed by atoms with Crippen molar-refractivity contribution in [2.75, 3.05) is 13.6 Å². The van der Waals surface area contributed by atoms with Gasteiger partial charge in [-0.25, -0.2) is 4.98 Å². The zero-order valence-electron chi connectivity index (χ0n) is 9.44. The molecule has 0 saturated carbocycles. The minimum absolute atomic E-state index is 0.252. The molecular formula is C10H18ClN3O. The van der Waals surface area contributed by atoms with Gasteiger partial charge in [0.2, 0.25) is 0 Å². The molecule has 0 radical (unpaired) electrons. The van der Waals surface area contributed by atoms with Crippen LogP contribution in [0.25, 0.3) is 0 Å². The van der Waals surface area contributed by atoms with Gasteiger partial charge in [-0.05, 0) is 20.4 Å². The molecule has 1 aromatic heterocycles. The molecule has 0 saturated heterocycles. The number of aliphatic hydroxyl groups excluding tert-OH is 1. The van der Waals surface area contributed by atoms with Crippen LogP contribution in [0.1, 0.15) is 19.2 Å². The molecule has 1 atom stereocenters. The highest BCUT2D eigenvalue weighted by atomic mass is 35.5. The van der Waals surface area contributed by atoms with Gasteiger partial charge < -0.3 is 9.67 Å². The summed E-state index contributed by atoms with van der Waals surface area (Å²) in [4.78, 5) is 6.33. The van der Waals surface area contributed by atoms with Gasteiger partial charge in [0.15, 0.2) is 0 Å². The fraction of sp³-hybridized carbons (Fsp3) is 0.700. The molecule has 1 N–H and O–H groups in total. The SMILES string of the molecule is CC(O)CCN(C)Cc1ncc(Cl)n1C. The topological polar surface area (TPSA) is 41.3 Å². The van der Waals surface area contributed by atoms with Gasteiger partial charge in [0.25, 0.3) is 0 Å². The standard InChI is InChI=1S/C10H18ClN3O/c1-8(15)4-5-13(2)7-10-12-6-9(11)14(10)3/h6,8,15H,4-5,7H2,1-3H3. The van der Waals surface area contributed by atoms with Crippen molar-refractivity contribution in [3.63, 3.8) is 0 Å². The Bertz CT molecular complexity index is 312. The zero-order valence-corrected chi connectivity index (χ0v) is 10.2. The smallest absolute Gasteiger partial charge is 0.128 e. The van der Waals surface area contributed by atoms with Crippen LogP contribution in [0.15, 0.2) is 6.20 Å². The van der Waals surface area contributed by atoms with E-state index in [4.69, 9.17) is 16.7 Å². The van der Waals surface area contributed by atoms with Gasteiger partial charge in [-0.15, -0.1) is 0 Å². The number of hydrogen-bond donors (Lipinski definition) is 1. The largest absolute Gasteiger partial charge is 0.393 e. The Morgan fingerprint density at radius 3 is 2.80 bits per heavy atom. The predicted octanol–water partition coefficient (Wildman–Crippen LogP) is 1.28. The van der Waals surface area contributed by atoms with E-state index in [-0.39, 0.29) is 6.10 Å². The number of aromatic nitrogens is 2. The number of halogens is 1. The quantitative estimate of drug-likeness (QED) is 0.830. The Hall–Kier alpha value is -0.580. The molecule has 0 bridgehead atoms. The lowest BCUT2D eigenvalue weighted by atomic mass is 10.3. The van der Waals surface area contributed by atoms with Crippen LogP contribution in [-0.2, 0) is 13.6 Å². The first-order valence-electron chi connectivity index (χ1n) is 5.03. The van der Waals surface area contributed by atoms with Crippen molar-refractivity contribution in [3.8, 4) is 0 Å². The normalized spacial score (nSPS) is 13.5. The fourth-order valence-electron chi connectivity index (χ4n) is 1.30. The highest BCUT2D eigenvalue weighted by Gasteiger charge is 2.08. The molecule has 0 fully saturated rings. The summed E-state index contributed by atoms with van der Waals surface area (Å²) in [6.07, 6.45) is 2.17.